The number of aliphatic imine (C=N–C) groups is 1. The van der Waals surface area contributed by atoms with Crippen molar-refractivity contribution in [2.75, 3.05) is 5.32 Å². The van der Waals surface area contributed by atoms with Gasteiger partial charge in [0.1, 0.15) is 16.9 Å². The van der Waals surface area contributed by atoms with Crippen molar-refractivity contribution >= 4 is 39.5 Å². The number of carboxylic acids is 1. The van der Waals surface area contributed by atoms with Gasteiger partial charge >= 0.3 is 5.97 Å². The first-order valence-electron chi connectivity index (χ1n) is 12.5. The summed E-state index contributed by atoms with van der Waals surface area (Å²) in [6, 6.07) is 22.4. The van der Waals surface area contributed by atoms with Crippen LogP contribution in [0.2, 0.25) is 0 Å². The molecule has 8 heteroatoms. The fourth-order valence-corrected chi connectivity index (χ4v) is 6.29. The molecule has 0 spiro atoms. The van der Waals surface area contributed by atoms with Crippen molar-refractivity contribution in [2.45, 2.75) is 39.8 Å². The van der Waals surface area contributed by atoms with Crippen LogP contribution in [0.5, 0.6) is 0 Å². The largest absolute Gasteiger partial charge is 0.481 e. The van der Waals surface area contributed by atoms with E-state index in [4.69, 9.17) is 4.99 Å². The van der Waals surface area contributed by atoms with Crippen molar-refractivity contribution in [1.29, 1.82) is 0 Å². The Balaban J connectivity index is 1.36. The average Bonchev–Trinajstić information content (AvgIpc) is 3.39. The third-order valence-corrected chi connectivity index (χ3v) is 8.32. The van der Waals surface area contributed by atoms with Crippen LogP contribution in [0.15, 0.2) is 71.7 Å². The van der Waals surface area contributed by atoms with Crippen molar-refractivity contribution in [1.82, 2.24) is 14.8 Å². The van der Waals surface area contributed by atoms with Crippen molar-refractivity contribution in [2.24, 2.45) is 4.99 Å². The molecule has 0 saturated carbocycles. The van der Waals surface area contributed by atoms with E-state index in [1.54, 1.807) is 11.3 Å². The molecule has 1 aliphatic heterocycles. The Hall–Kier alpha value is -4.30. The van der Waals surface area contributed by atoms with Crippen LogP contribution in [0, 0.1) is 20.8 Å². The number of nitrogens with zero attached hydrogens (tertiary/aromatic N) is 4. The maximum absolute atomic E-state index is 11.8. The maximum Gasteiger partial charge on any atom is 0.306 e. The van der Waals surface area contributed by atoms with Gasteiger partial charge in [-0.05, 0) is 54.8 Å². The summed E-state index contributed by atoms with van der Waals surface area (Å²) in [6.45, 7) is 6.80. The maximum atomic E-state index is 11.8. The third kappa shape index (κ3) is 4.16. The number of aryl methyl sites for hydroxylation is 2. The van der Waals surface area contributed by atoms with Gasteiger partial charge in [0.05, 0.1) is 12.1 Å². The number of fused-ring (bicyclic) bond motifs is 4. The number of thiophene rings is 1. The van der Waals surface area contributed by atoms with Crippen LogP contribution in [0.25, 0.3) is 15.8 Å². The van der Waals surface area contributed by atoms with E-state index in [1.165, 1.54) is 21.2 Å². The van der Waals surface area contributed by atoms with Crippen LogP contribution in [0.4, 0.5) is 5.69 Å². The Bertz CT molecular complexity index is 1710. The number of rotatable bonds is 6. The smallest absolute Gasteiger partial charge is 0.306 e. The highest BCUT2D eigenvalue weighted by molar-refractivity contribution is 7.15. The number of benzene rings is 3. The first kappa shape index (κ1) is 24.1. The average molecular weight is 522 g/mol. The molecule has 3 aromatic carbocycles. The standard InChI is InChI=1S/C30H27N5O2S/c1-17-18(2)38-30-27(17)28(32-25(15-26(36)37)29-34-33-19(3)35(29)30)21-11-13-23(14-12-21)31-16-22-9-6-8-20-7-4-5-10-24(20)22/h4-14,25,31H,15-16H2,1-3H3,(H,36,37)/t25-/m0/s1. The lowest BCUT2D eigenvalue weighted by Crippen LogP contribution is -2.10. The van der Waals surface area contributed by atoms with Crippen LogP contribution >= 0.6 is 11.3 Å². The summed E-state index contributed by atoms with van der Waals surface area (Å²) in [5.41, 5.74) is 6.12. The number of carbonyl (C=O) groups is 1. The van der Waals surface area contributed by atoms with Crippen molar-refractivity contribution in [3.63, 3.8) is 0 Å². The second kappa shape index (κ2) is 9.54. The van der Waals surface area contributed by atoms with Crippen LogP contribution in [-0.4, -0.2) is 31.6 Å². The second-order valence-corrected chi connectivity index (χ2v) is 10.8. The van der Waals surface area contributed by atoms with Crippen molar-refractivity contribution in [3.8, 4) is 5.00 Å². The third-order valence-electron chi connectivity index (χ3n) is 7.13. The van der Waals surface area contributed by atoms with Gasteiger partial charge in [-0.2, -0.15) is 0 Å². The number of hydrogen-bond donors (Lipinski definition) is 2. The highest BCUT2D eigenvalue weighted by Gasteiger charge is 2.32. The molecule has 6 rings (SSSR count). The highest BCUT2D eigenvalue weighted by Crippen LogP contribution is 2.39. The van der Waals surface area contributed by atoms with Crippen LogP contribution in [0.1, 0.15) is 51.2 Å². The van der Waals surface area contributed by atoms with Gasteiger partial charge in [0.2, 0.25) is 0 Å². The summed E-state index contributed by atoms with van der Waals surface area (Å²) in [6.07, 6.45) is -0.153. The SMILES string of the molecule is Cc1sc2c(c1C)C(c1ccc(NCc3cccc4ccccc34)cc1)=N[C@@H](CC(=O)O)c1nnc(C)n1-2. The van der Waals surface area contributed by atoms with E-state index in [2.05, 4.69) is 96.1 Å². The van der Waals surface area contributed by atoms with E-state index < -0.39 is 12.0 Å². The Morgan fingerprint density at radius 3 is 2.55 bits per heavy atom. The minimum Gasteiger partial charge on any atom is -0.481 e. The van der Waals surface area contributed by atoms with Gasteiger partial charge in [0, 0.05) is 28.2 Å². The minimum absolute atomic E-state index is 0.153. The number of carboxylic acid groups (broad SMARTS) is 1. The van der Waals surface area contributed by atoms with Gasteiger partial charge in [0.15, 0.2) is 5.82 Å². The molecular weight excluding hydrogens is 494 g/mol. The molecule has 0 amide bonds. The van der Waals surface area contributed by atoms with Gasteiger partial charge in [-0.25, -0.2) is 0 Å². The fraction of sp³-hybridized carbons (Fsp3) is 0.200. The lowest BCUT2D eigenvalue weighted by molar-refractivity contribution is -0.137. The zero-order chi connectivity index (χ0) is 26.4. The van der Waals surface area contributed by atoms with Crippen LogP contribution < -0.4 is 5.32 Å². The summed E-state index contributed by atoms with van der Waals surface area (Å²) >= 11 is 1.66. The van der Waals surface area contributed by atoms with E-state index in [-0.39, 0.29) is 6.42 Å². The molecule has 38 heavy (non-hydrogen) atoms. The summed E-state index contributed by atoms with van der Waals surface area (Å²) in [4.78, 5) is 18.0. The Morgan fingerprint density at radius 2 is 1.76 bits per heavy atom. The zero-order valence-electron chi connectivity index (χ0n) is 21.4. The van der Waals surface area contributed by atoms with Gasteiger partial charge in [-0.1, -0.05) is 54.6 Å². The number of aromatic nitrogens is 3. The molecular formula is C30H27N5O2S. The molecule has 7 nitrogen and oxygen atoms in total. The van der Waals surface area contributed by atoms with Gasteiger partial charge in [-0.3, -0.25) is 14.4 Å². The number of anilines is 1. The fourth-order valence-electron chi connectivity index (χ4n) is 5.08. The lowest BCUT2D eigenvalue weighted by Gasteiger charge is -2.13. The molecule has 1 aliphatic rings. The molecule has 0 radical (unpaired) electrons. The van der Waals surface area contributed by atoms with E-state index in [0.29, 0.717) is 12.4 Å². The summed E-state index contributed by atoms with van der Waals surface area (Å²) in [5.74, 6) is 0.370. The summed E-state index contributed by atoms with van der Waals surface area (Å²) in [7, 11) is 0. The minimum atomic E-state index is -0.920. The van der Waals surface area contributed by atoms with Crippen LogP contribution in [-0.2, 0) is 11.3 Å². The second-order valence-electron chi connectivity index (χ2n) is 9.56. The van der Waals surface area contributed by atoms with Gasteiger partial charge in [-0.15, -0.1) is 21.5 Å². The summed E-state index contributed by atoms with van der Waals surface area (Å²) in [5, 5.41) is 25.2. The van der Waals surface area contributed by atoms with Gasteiger partial charge < -0.3 is 10.4 Å². The van der Waals surface area contributed by atoms with Crippen molar-refractivity contribution < 1.29 is 9.90 Å². The summed E-state index contributed by atoms with van der Waals surface area (Å²) < 4.78 is 1.98. The van der Waals surface area contributed by atoms with Crippen LogP contribution in [0.3, 0.4) is 0 Å². The molecule has 0 saturated heterocycles. The lowest BCUT2D eigenvalue weighted by atomic mass is 9.99. The predicted octanol–water partition coefficient (Wildman–Crippen LogP) is 6.39. The number of aliphatic carboxylic acids is 1. The Kier molecular flexibility index (Phi) is 6.04. The molecule has 2 N–H and O–H groups in total. The molecule has 0 bridgehead atoms. The van der Waals surface area contributed by atoms with Gasteiger partial charge in [0.25, 0.3) is 0 Å². The first-order valence-corrected chi connectivity index (χ1v) is 13.4. The quantitative estimate of drug-likeness (QED) is 0.270. The molecule has 0 aliphatic carbocycles. The molecule has 3 heterocycles. The molecule has 2 aromatic heterocycles. The van der Waals surface area contributed by atoms with E-state index in [9.17, 15) is 9.90 Å². The Morgan fingerprint density at radius 1 is 1.00 bits per heavy atom. The van der Waals surface area contributed by atoms with E-state index >= 15 is 0 Å². The monoisotopic (exact) mass is 521 g/mol. The zero-order valence-corrected chi connectivity index (χ0v) is 22.2. The topological polar surface area (TPSA) is 92.4 Å². The van der Waals surface area contributed by atoms with Crippen molar-refractivity contribution in [3.05, 3.63) is 106 Å². The Labute approximate surface area is 224 Å². The molecule has 190 valence electrons. The predicted molar refractivity (Wildman–Crippen MR) is 152 cm³/mol. The molecule has 0 fully saturated rings. The normalized spacial score (nSPS) is 14.5. The molecule has 1 atom stereocenters. The number of hydrogen-bond acceptors (Lipinski definition) is 6. The first-order chi connectivity index (χ1) is 18.4. The number of nitrogens with one attached hydrogen (secondary N) is 1. The van der Waals surface area contributed by atoms with E-state index in [1.807, 2.05) is 11.5 Å². The van der Waals surface area contributed by atoms with E-state index in [0.717, 1.165) is 38.9 Å². The highest BCUT2D eigenvalue weighted by atomic mass is 32.1. The molecule has 0 unspecified atom stereocenters. The molecule has 5 aromatic rings.